The van der Waals surface area contributed by atoms with Crippen LogP contribution in [0.25, 0.3) is 0 Å². The van der Waals surface area contributed by atoms with Crippen LogP contribution in [0.15, 0.2) is 0 Å². The molecule has 3 heterocycles. The first-order valence-corrected chi connectivity index (χ1v) is 10.1. The molecular weight excluding hydrogens is 314 g/mol. The Balaban J connectivity index is 1.54. The van der Waals surface area contributed by atoms with E-state index in [9.17, 15) is 4.79 Å². The fourth-order valence-electron chi connectivity index (χ4n) is 4.06. The Kier molecular flexibility index (Phi) is 6.45. The third-order valence-electron chi connectivity index (χ3n) is 5.77. The molecule has 2 fully saturated rings. The van der Waals surface area contributed by atoms with E-state index < -0.39 is 0 Å². The topological polar surface area (TPSA) is 54.3 Å². The average molecular weight is 348 g/mol. The molecule has 0 aliphatic carbocycles. The second-order valence-corrected chi connectivity index (χ2v) is 7.63. The molecule has 0 atom stereocenters. The van der Waals surface area contributed by atoms with Crippen molar-refractivity contribution < 1.29 is 4.79 Å². The molecule has 1 aromatic rings. The number of amides is 1. The molecule has 140 valence electrons. The number of nitrogens with zero attached hydrogens (tertiary/aromatic N) is 5. The molecule has 1 aromatic heterocycles. The van der Waals surface area contributed by atoms with Gasteiger partial charge in [0.1, 0.15) is 11.6 Å². The van der Waals surface area contributed by atoms with Crippen LogP contribution in [-0.4, -0.2) is 56.7 Å². The van der Waals surface area contributed by atoms with Crippen LogP contribution < -0.4 is 0 Å². The minimum atomic E-state index is 0.323. The monoisotopic (exact) mass is 347 g/mol. The third-order valence-corrected chi connectivity index (χ3v) is 5.77. The van der Waals surface area contributed by atoms with Crippen molar-refractivity contribution in [3.8, 4) is 0 Å². The van der Waals surface area contributed by atoms with Gasteiger partial charge in [0, 0.05) is 32.5 Å². The second-order valence-electron chi connectivity index (χ2n) is 7.63. The van der Waals surface area contributed by atoms with Crippen LogP contribution in [0.1, 0.15) is 75.9 Å². The highest BCUT2D eigenvalue weighted by molar-refractivity contribution is 5.76. The van der Waals surface area contributed by atoms with Crippen molar-refractivity contribution in [2.45, 2.75) is 70.8 Å². The molecule has 0 bridgehead atoms. The number of unbranched alkanes of at least 4 members (excludes halogenated alkanes) is 1. The van der Waals surface area contributed by atoms with Gasteiger partial charge in [-0.1, -0.05) is 19.8 Å². The maximum absolute atomic E-state index is 12.2. The Morgan fingerprint density at radius 2 is 1.80 bits per heavy atom. The van der Waals surface area contributed by atoms with Gasteiger partial charge in [-0.05, 0) is 45.2 Å². The minimum Gasteiger partial charge on any atom is -0.343 e. The maximum Gasteiger partial charge on any atom is 0.222 e. The number of carbonyl (C=O) groups is 1. The molecule has 0 spiro atoms. The summed E-state index contributed by atoms with van der Waals surface area (Å²) in [5, 5.41) is 8.98. The summed E-state index contributed by atoms with van der Waals surface area (Å²) < 4.78 is 2.20. The molecule has 0 N–H and O–H groups in total. The Labute approximate surface area is 151 Å². The van der Waals surface area contributed by atoms with Gasteiger partial charge in [-0.25, -0.2) is 0 Å². The summed E-state index contributed by atoms with van der Waals surface area (Å²) in [5.74, 6) is 2.94. The van der Waals surface area contributed by atoms with Crippen molar-refractivity contribution in [1.82, 2.24) is 24.6 Å². The number of hydrogen-bond donors (Lipinski definition) is 0. The summed E-state index contributed by atoms with van der Waals surface area (Å²) in [4.78, 5) is 16.7. The van der Waals surface area contributed by atoms with Crippen molar-refractivity contribution >= 4 is 5.91 Å². The molecule has 6 nitrogen and oxygen atoms in total. The van der Waals surface area contributed by atoms with Crippen molar-refractivity contribution in [2.24, 2.45) is 7.05 Å². The van der Waals surface area contributed by atoms with Crippen molar-refractivity contribution in [2.75, 3.05) is 26.2 Å². The molecule has 2 aliphatic heterocycles. The molecule has 6 heteroatoms. The van der Waals surface area contributed by atoms with E-state index in [-0.39, 0.29) is 0 Å². The van der Waals surface area contributed by atoms with Crippen LogP contribution in [-0.2, 0) is 18.4 Å². The van der Waals surface area contributed by atoms with E-state index >= 15 is 0 Å². The summed E-state index contributed by atoms with van der Waals surface area (Å²) in [7, 11) is 2.10. The Morgan fingerprint density at radius 3 is 2.48 bits per heavy atom. The van der Waals surface area contributed by atoms with E-state index in [2.05, 4.69) is 33.6 Å². The zero-order chi connectivity index (χ0) is 17.6. The van der Waals surface area contributed by atoms with Crippen molar-refractivity contribution in [3.63, 3.8) is 0 Å². The lowest BCUT2D eigenvalue weighted by Crippen LogP contribution is -2.38. The molecule has 2 aliphatic rings. The van der Waals surface area contributed by atoms with Crippen molar-refractivity contribution in [3.05, 3.63) is 11.6 Å². The Hall–Kier alpha value is -1.43. The summed E-state index contributed by atoms with van der Waals surface area (Å²) >= 11 is 0. The van der Waals surface area contributed by atoms with Crippen LogP contribution in [0.4, 0.5) is 0 Å². The number of aromatic nitrogens is 3. The molecular formula is C19H33N5O. The lowest BCUT2D eigenvalue weighted by molar-refractivity contribution is -0.132. The minimum absolute atomic E-state index is 0.323. The van der Waals surface area contributed by atoms with E-state index in [0.29, 0.717) is 18.2 Å². The first kappa shape index (κ1) is 18.4. The molecule has 0 unspecified atom stereocenters. The summed E-state index contributed by atoms with van der Waals surface area (Å²) in [6.07, 6.45) is 8.76. The SMILES string of the molecule is CCCCC(=O)N1CCC(c2nnc(CN3CCCCC3)n2C)CC1. The first-order valence-electron chi connectivity index (χ1n) is 10.1. The molecule has 1 amide bonds. The summed E-state index contributed by atoms with van der Waals surface area (Å²) in [6.45, 7) is 7.14. The van der Waals surface area contributed by atoms with Crippen LogP contribution in [0.2, 0.25) is 0 Å². The van der Waals surface area contributed by atoms with Crippen molar-refractivity contribution in [1.29, 1.82) is 0 Å². The lowest BCUT2D eigenvalue weighted by Gasteiger charge is -2.31. The van der Waals surface area contributed by atoms with Crippen LogP contribution in [0, 0.1) is 0 Å². The standard InChI is InChI=1S/C19H33N5O/c1-3-4-8-18(25)24-13-9-16(10-14-24)19-21-20-17(22(19)2)15-23-11-6-5-7-12-23/h16H,3-15H2,1-2H3. The Bertz CT molecular complexity index is 556. The number of hydrogen-bond acceptors (Lipinski definition) is 4. The van der Waals surface area contributed by atoms with E-state index in [1.54, 1.807) is 0 Å². The zero-order valence-corrected chi connectivity index (χ0v) is 15.9. The highest BCUT2D eigenvalue weighted by Crippen LogP contribution is 2.27. The van der Waals surface area contributed by atoms with Crippen LogP contribution >= 0.6 is 0 Å². The van der Waals surface area contributed by atoms with E-state index in [1.807, 2.05) is 4.90 Å². The van der Waals surface area contributed by atoms with Gasteiger partial charge < -0.3 is 9.47 Å². The van der Waals surface area contributed by atoms with Gasteiger partial charge >= 0.3 is 0 Å². The fourth-order valence-corrected chi connectivity index (χ4v) is 4.06. The maximum atomic E-state index is 12.2. The zero-order valence-electron chi connectivity index (χ0n) is 15.9. The predicted octanol–water partition coefficient (Wildman–Crippen LogP) is 2.70. The quantitative estimate of drug-likeness (QED) is 0.794. The first-order chi connectivity index (χ1) is 12.2. The molecule has 0 aromatic carbocycles. The third kappa shape index (κ3) is 4.60. The van der Waals surface area contributed by atoms with Crippen LogP contribution in [0.5, 0.6) is 0 Å². The highest BCUT2D eigenvalue weighted by atomic mass is 16.2. The van der Waals surface area contributed by atoms with E-state index in [1.165, 1.54) is 32.4 Å². The number of carbonyl (C=O) groups excluding carboxylic acids is 1. The summed E-state index contributed by atoms with van der Waals surface area (Å²) in [6, 6.07) is 0. The van der Waals surface area contributed by atoms with Gasteiger partial charge in [0.2, 0.25) is 5.91 Å². The molecule has 25 heavy (non-hydrogen) atoms. The molecule has 3 rings (SSSR count). The highest BCUT2D eigenvalue weighted by Gasteiger charge is 2.27. The predicted molar refractivity (Wildman–Crippen MR) is 98.2 cm³/mol. The normalized spacial score (nSPS) is 20.2. The number of piperidine rings is 2. The fraction of sp³-hybridized carbons (Fsp3) is 0.842. The number of rotatable bonds is 6. The van der Waals surface area contributed by atoms with Gasteiger partial charge in [-0.3, -0.25) is 9.69 Å². The van der Waals surface area contributed by atoms with Crippen LogP contribution in [0.3, 0.4) is 0 Å². The molecule has 2 saturated heterocycles. The summed E-state index contributed by atoms with van der Waals surface area (Å²) in [5.41, 5.74) is 0. The van der Waals surface area contributed by atoms with E-state index in [0.717, 1.165) is 57.0 Å². The van der Waals surface area contributed by atoms with Gasteiger partial charge in [0.05, 0.1) is 6.54 Å². The van der Waals surface area contributed by atoms with Gasteiger partial charge in [0.15, 0.2) is 0 Å². The van der Waals surface area contributed by atoms with Gasteiger partial charge in [-0.15, -0.1) is 10.2 Å². The van der Waals surface area contributed by atoms with E-state index in [4.69, 9.17) is 0 Å². The molecule has 0 saturated carbocycles. The largest absolute Gasteiger partial charge is 0.343 e. The number of likely N-dealkylation sites (tertiary alicyclic amines) is 2. The van der Waals surface area contributed by atoms with Gasteiger partial charge in [-0.2, -0.15) is 0 Å². The lowest BCUT2D eigenvalue weighted by atomic mass is 9.95. The average Bonchev–Trinajstić information content (AvgIpc) is 3.01. The van der Waals surface area contributed by atoms with Gasteiger partial charge in [0.25, 0.3) is 0 Å². The second kappa shape index (κ2) is 8.79. The Morgan fingerprint density at radius 1 is 1.08 bits per heavy atom. The molecule has 0 radical (unpaired) electrons. The smallest absolute Gasteiger partial charge is 0.222 e.